The molecule has 4 heteroatoms. The zero-order valence-electron chi connectivity index (χ0n) is 9.90. The van der Waals surface area contributed by atoms with Crippen LogP contribution < -0.4 is 5.32 Å². The van der Waals surface area contributed by atoms with E-state index in [1.165, 1.54) is 6.08 Å². The maximum atomic E-state index is 11.5. The van der Waals surface area contributed by atoms with E-state index in [0.29, 0.717) is 17.9 Å². The predicted octanol–water partition coefficient (Wildman–Crippen LogP) is 2.38. The molecule has 0 aliphatic carbocycles. The molecule has 1 aromatic carbocycles. The molecule has 0 saturated heterocycles. The van der Waals surface area contributed by atoms with Crippen LogP contribution in [0, 0.1) is 0 Å². The first-order valence-corrected chi connectivity index (χ1v) is 5.38. The number of hydrogen-bond donors (Lipinski definition) is 1. The van der Waals surface area contributed by atoms with E-state index in [9.17, 15) is 9.59 Å². The molecular formula is C13H15NO3. The highest BCUT2D eigenvalue weighted by Gasteiger charge is 2.07. The fourth-order valence-electron chi connectivity index (χ4n) is 1.27. The fraction of sp³-hybridized carbons (Fsp3) is 0.231. The van der Waals surface area contributed by atoms with Gasteiger partial charge in [0.25, 0.3) is 0 Å². The van der Waals surface area contributed by atoms with Gasteiger partial charge in [0, 0.05) is 5.69 Å². The Morgan fingerprint density at radius 2 is 2.18 bits per heavy atom. The van der Waals surface area contributed by atoms with Crippen molar-refractivity contribution >= 4 is 17.6 Å². The summed E-state index contributed by atoms with van der Waals surface area (Å²) in [5, 5.41) is 2.65. The van der Waals surface area contributed by atoms with Crippen LogP contribution in [-0.4, -0.2) is 18.5 Å². The Morgan fingerprint density at radius 1 is 1.41 bits per heavy atom. The van der Waals surface area contributed by atoms with Crippen LogP contribution in [0.25, 0.3) is 0 Å². The summed E-state index contributed by atoms with van der Waals surface area (Å²) in [4.78, 5) is 22.8. The third kappa shape index (κ3) is 4.10. The van der Waals surface area contributed by atoms with Gasteiger partial charge >= 0.3 is 5.97 Å². The highest BCUT2D eigenvalue weighted by molar-refractivity contribution is 6.00. The summed E-state index contributed by atoms with van der Waals surface area (Å²) in [7, 11) is 0. The molecule has 0 aliphatic heterocycles. The lowest BCUT2D eigenvalue weighted by Gasteiger charge is -2.05. The molecule has 0 heterocycles. The molecular weight excluding hydrogens is 218 g/mol. The Hall–Kier alpha value is -2.10. The van der Waals surface area contributed by atoms with Gasteiger partial charge in [0.1, 0.15) is 0 Å². The topological polar surface area (TPSA) is 55.4 Å². The summed E-state index contributed by atoms with van der Waals surface area (Å²) in [5.74, 6) is -0.622. The van der Waals surface area contributed by atoms with Crippen LogP contribution in [0.1, 0.15) is 24.2 Å². The molecule has 0 atom stereocenters. The molecule has 0 radical (unpaired) electrons. The number of carbonyl (C=O) groups excluding carboxylic acids is 2. The standard InChI is InChI=1S/C13H15NO3/c1-3-6-12(15)14-11-8-5-7-10(9-11)13(16)17-4-2/h3,5-9H,4H2,1-2H3,(H,14,15)/b6-3+. The lowest BCUT2D eigenvalue weighted by atomic mass is 10.2. The number of hydrogen-bond acceptors (Lipinski definition) is 3. The molecule has 1 rings (SSSR count). The average Bonchev–Trinajstić information content (AvgIpc) is 2.30. The van der Waals surface area contributed by atoms with Gasteiger partial charge in [-0.1, -0.05) is 12.1 Å². The second-order valence-electron chi connectivity index (χ2n) is 3.29. The number of allylic oxidation sites excluding steroid dienone is 1. The molecule has 90 valence electrons. The summed E-state index contributed by atoms with van der Waals surface area (Å²) < 4.78 is 4.87. The van der Waals surface area contributed by atoms with Crippen molar-refractivity contribution in [3.05, 3.63) is 42.0 Å². The lowest BCUT2D eigenvalue weighted by Crippen LogP contribution is -2.09. The monoisotopic (exact) mass is 233 g/mol. The van der Waals surface area contributed by atoms with Gasteiger partial charge in [-0.15, -0.1) is 0 Å². The minimum atomic E-state index is -0.394. The van der Waals surface area contributed by atoms with Crippen LogP contribution in [0.2, 0.25) is 0 Å². The number of carbonyl (C=O) groups is 2. The first-order chi connectivity index (χ1) is 8.17. The molecule has 1 amide bonds. The first kappa shape index (κ1) is 13.0. The summed E-state index contributed by atoms with van der Waals surface area (Å²) in [6.45, 7) is 3.83. The average molecular weight is 233 g/mol. The normalized spacial score (nSPS) is 10.2. The van der Waals surface area contributed by atoms with Gasteiger partial charge in [0.2, 0.25) is 5.91 Å². The first-order valence-electron chi connectivity index (χ1n) is 5.38. The van der Waals surface area contributed by atoms with Crippen molar-refractivity contribution < 1.29 is 14.3 Å². The van der Waals surface area contributed by atoms with Gasteiger partial charge in [-0.3, -0.25) is 4.79 Å². The smallest absolute Gasteiger partial charge is 0.338 e. The van der Waals surface area contributed by atoms with Crippen LogP contribution in [0.5, 0.6) is 0 Å². The number of benzene rings is 1. The van der Waals surface area contributed by atoms with Crippen LogP contribution in [0.3, 0.4) is 0 Å². The van der Waals surface area contributed by atoms with Gasteiger partial charge in [0.15, 0.2) is 0 Å². The number of amides is 1. The van der Waals surface area contributed by atoms with Crippen molar-refractivity contribution in [3.8, 4) is 0 Å². The van der Waals surface area contributed by atoms with E-state index >= 15 is 0 Å². The maximum absolute atomic E-state index is 11.5. The van der Waals surface area contributed by atoms with E-state index in [1.54, 1.807) is 44.2 Å². The Morgan fingerprint density at radius 3 is 2.82 bits per heavy atom. The Labute approximate surface area is 100 Å². The van der Waals surface area contributed by atoms with Crippen molar-refractivity contribution in [2.24, 2.45) is 0 Å². The fourth-order valence-corrected chi connectivity index (χ4v) is 1.27. The van der Waals surface area contributed by atoms with E-state index < -0.39 is 5.97 Å². The molecule has 0 spiro atoms. The second-order valence-corrected chi connectivity index (χ2v) is 3.29. The van der Waals surface area contributed by atoms with Crippen LogP contribution in [0.4, 0.5) is 5.69 Å². The van der Waals surface area contributed by atoms with Gasteiger partial charge < -0.3 is 10.1 Å². The Balaban J connectivity index is 2.79. The third-order valence-corrected chi connectivity index (χ3v) is 1.96. The number of nitrogens with one attached hydrogen (secondary N) is 1. The molecule has 17 heavy (non-hydrogen) atoms. The molecule has 1 N–H and O–H groups in total. The van der Waals surface area contributed by atoms with E-state index in [4.69, 9.17) is 4.74 Å². The summed E-state index contributed by atoms with van der Waals surface area (Å²) in [6.07, 6.45) is 3.06. The maximum Gasteiger partial charge on any atom is 0.338 e. The SMILES string of the molecule is C/C=C/C(=O)Nc1cccc(C(=O)OCC)c1. The predicted molar refractivity (Wildman–Crippen MR) is 65.8 cm³/mol. The molecule has 4 nitrogen and oxygen atoms in total. The molecule has 0 aromatic heterocycles. The lowest BCUT2D eigenvalue weighted by molar-refractivity contribution is -0.111. The molecule has 1 aromatic rings. The summed E-state index contributed by atoms with van der Waals surface area (Å²) in [5.41, 5.74) is 0.990. The molecule has 0 bridgehead atoms. The zero-order chi connectivity index (χ0) is 12.7. The molecule has 0 aliphatic rings. The largest absolute Gasteiger partial charge is 0.462 e. The number of rotatable bonds is 4. The van der Waals surface area contributed by atoms with Crippen molar-refractivity contribution in [3.63, 3.8) is 0 Å². The number of ether oxygens (including phenoxy) is 1. The van der Waals surface area contributed by atoms with Crippen LogP contribution in [0.15, 0.2) is 36.4 Å². The third-order valence-electron chi connectivity index (χ3n) is 1.96. The quantitative estimate of drug-likeness (QED) is 0.641. The van der Waals surface area contributed by atoms with Crippen molar-refractivity contribution in [2.75, 3.05) is 11.9 Å². The second kappa shape index (κ2) is 6.48. The van der Waals surface area contributed by atoms with E-state index in [0.717, 1.165) is 0 Å². The van der Waals surface area contributed by atoms with Gasteiger partial charge in [-0.25, -0.2) is 4.79 Å². The minimum Gasteiger partial charge on any atom is -0.462 e. The molecule has 0 saturated carbocycles. The summed E-state index contributed by atoms with van der Waals surface area (Å²) in [6, 6.07) is 6.63. The Bertz CT molecular complexity index is 438. The van der Waals surface area contributed by atoms with Crippen molar-refractivity contribution in [2.45, 2.75) is 13.8 Å². The number of anilines is 1. The van der Waals surface area contributed by atoms with Gasteiger partial charge in [0.05, 0.1) is 12.2 Å². The number of esters is 1. The minimum absolute atomic E-state index is 0.228. The zero-order valence-corrected chi connectivity index (χ0v) is 9.90. The van der Waals surface area contributed by atoms with E-state index in [1.807, 2.05) is 0 Å². The van der Waals surface area contributed by atoms with E-state index in [-0.39, 0.29) is 5.91 Å². The van der Waals surface area contributed by atoms with Gasteiger partial charge in [-0.05, 0) is 38.1 Å². The Kier molecular flexibility index (Phi) is 4.94. The van der Waals surface area contributed by atoms with Crippen molar-refractivity contribution in [1.82, 2.24) is 0 Å². The molecule has 0 unspecified atom stereocenters. The summed E-state index contributed by atoms with van der Waals surface area (Å²) >= 11 is 0. The van der Waals surface area contributed by atoms with E-state index in [2.05, 4.69) is 5.32 Å². The van der Waals surface area contributed by atoms with Crippen molar-refractivity contribution in [1.29, 1.82) is 0 Å². The van der Waals surface area contributed by atoms with Crippen LogP contribution >= 0.6 is 0 Å². The highest BCUT2D eigenvalue weighted by Crippen LogP contribution is 2.11. The van der Waals surface area contributed by atoms with Crippen LogP contribution in [-0.2, 0) is 9.53 Å². The van der Waals surface area contributed by atoms with Gasteiger partial charge in [-0.2, -0.15) is 0 Å². The molecule has 0 fully saturated rings. The highest BCUT2D eigenvalue weighted by atomic mass is 16.5.